The van der Waals surface area contributed by atoms with Gasteiger partial charge in [0.2, 0.25) is 0 Å². The average molecular weight is 913 g/mol. The van der Waals surface area contributed by atoms with Crippen LogP contribution in [-0.2, 0) is 0 Å². The molecular weight excluding hydrogens is 869 g/mol. The summed E-state index contributed by atoms with van der Waals surface area (Å²) in [6.45, 7) is 4.34. The highest BCUT2D eigenvalue weighted by Gasteiger charge is 2.27. The number of fused-ring (bicyclic) bond motifs is 11. The Labute approximate surface area is 409 Å². The van der Waals surface area contributed by atoms with Crippen molar-refractivity contribution in [2.45, 2.75) is 13.8 Å². The van der Waals surface area contributed by atoms with Gasteiger partial charge >= 0.3 is 0 Å². The van der Waals surface area contributed by atoms with Crippen LogP contribution in [0.2, 0.25) is 0 Å². The molecule has 0 amide bonds. The van der Waals surface area contributed by atoms with E-state index in [0.717, 1.165) is 144 Å². The Bertz CT molecular complexity index is 4390. The highest BCUT2D eigenvalue weighted by Crippen LogP contribution is 2.51. The van der Waals surface area contributed by atoms with Crippen LogP contribution in [0.1, 0.15) is 11.1 Å². The van der Waals surface area contributed by atoms with E-state index in [9.17, 15) is 0 Å². The number of anilines is 6. The van der Waals surface area contributed by atoms with Crippen molar-refractivity contribution in [3.05, 3.63) is 242 Å². The van der Waals surface area contributed by atoms with Gasteiger partial charge in [-0.05, 0) is 84.0 Å². The lowest BCUT2D eigenvalue weighted by atomic mass is 9.99. The van der Waals surface area contributed by atoms with Gasteiger partial charge in [0.1, 0.15) is 22.3 Å². The monoisotopic (exact) mass is 912 g/mol. The van der Waals surface area contributed by atoms with Crippen LogP contribution < -0.4 is 9.80 Å². The van der Waals surface area contributed by atoms with Crippen LogP contribution >= 0.6 is 0 Å². The number of para-hydroxylation sites is 6. The van der Waals surface area contributed by atoms with E-state index in [0.29, 0.717) is 0 Å². The van der Waals surface area contributed by atoms with Crippen molar-refractivity contribution in [3.8, 4) is 22.3 Å². The number of hydrogen-bond acceptors (Lipinski definition) is 5. The second-order valence-corrected chi connectivity index (χ2v) is 18.4. The minimum atomic E-state index is 0.794. The molecule has 0 bridgehead atoms. The van der Waals surface area contributed by atoms with E-state index in [1.807, 2.05) is 12.1 Å². The van der Waals surface area contributed by atoms with Crippen LogP contribution in [0.15, 0.2) is 244 Å². The summed E-state index contributed by atoms with van der Waals surface area (Å²) >= 11 is 0. The molecule has 0 N–H and O–H groups in total. The third kappa shape index (κ3) is 6.40. The maximum atomic E-state index is 7.09. The first-order valence-electron chi connectivity index (χ1n) is 24.2. The lowest BCUT2D eigenvalue weighted by molar-refractivity contribution is 0.668. The number of benzene rings is 11. The molecule has 11 aromatic carbocycles. The Morgan fingerprint density at radius 2 is 0.732 bits per heavy atom. The SMILES string of the molecule is Cc1ccccc1N(c1ccc2oc3cc(N(c4ccccc4C)c4cccc5c4oc4c(-c6ccccc6)cccc45)c4ccccc4c3c2c1)c1cccc2c1oc1c(-c3ccccc3)cccc12. The topological polar surface area (TPSA) is 45.9 Å². The Morgan fingerprint density at radius 3 is 1.31 bits per heavy atom. The zero-order valence-electron chi connectivity index (χ0n) is 39.1. The highest BCUT2D eigenvalue weighted by atomic mass is 16.3. The molecule has 0 atom stereocenters. The van der Waals surface area contributed by atoms with Gasteiger partial charge in [-0.1, -0.05) is 182 Å². The van der Waals surface area contributed by atoms with Crippen LogP contribution in [0.3, 0.4) is 0 Å². The van der Waals surface area contributed by atoms with Gasteiger partial charge < -0.3 is 23.1 Å². The Hall–Kier alpha value is -9.32. The van der Waals surface area contributed by atoms with Gasteiger partial charge in [0, 0.05) is 72.0 Å². The van der Waals surface area contributed by atoms with Crippen LogP contribution in [0.5, 0.6) is 0 Å². The van der Waals surface area contributed by atoms with Gasteiger partial charge in [-0.3, -0.25) is 0 Å². The van der Waals surface area contributed by atoms with E-state index in [4.69, 9.17) is 13.3 Å². The molecule has 0 aliphatic rings. The van der Waals surface area contributed by atoms with Gasteiger partial charge in [0.15, 0.2) is 11.2 Å². The zero-order chi connectivity index (χ0) is 47.2. The van der Waals surface area contributed by atoms with Gasteiger partial charge in [0.05, 0.1) is 17.1 Å². The third-order valence-electron chi connectivity index (χ3n) is 14.3. The van der Waals surface area contributed by atoms with Gasteiger partial charge in [-0.15, -0.1) is 0 Å². The summed E-state index contributed by atoms with van der Waals surface area (Å²) in [5, 5.41) is 8.55. The fourth-order valence-corrected chi connectivity index (χ4v) is 11.0. The molecular formula is C66H44N2O3. The van der Waals surface area contributed by atoms with E-state index in [-0.39, 0.29) is 0 Å². The van der Waals surface area contributed by atoms with Crippen LogP contribution in [0.4, 0.5) is 34.1 Å². The molecule has 71 heavy (non-hydrogen) atoms. The molecule has 0 aliphatic heterocycles. The molecule has 0 aliphatic carbocycles. The molecule has 14 rings (SSSR count). The zero-order valence-corrected chi connectivity index (χ0v) is 39.1. The Kier molecular flexibility index (Phi) is 9.26. The second kappa shape index (κ2) is 16.2. The number of hydrogen-bond donors (Lipinski definition) is 0. The van der Waals surface area contributed by atoms with E-state index in [1.54, 1.807) is 0 Å². The maximum absolute atomic E-state index is 7.09. The molecule has 5 heteroatoms. The summed E-state index contributed by atoms with van der Waals surface area (Å²) in [6.07, 6.45) is 0. The molecule has 0 saturated heterocycles. The molecule has 0 fully saturated rings. The van der Waals surface area contributed by atoms with Crippen molar-refractivity contribution in [1.82, 2.24) is 0 Å². The summed E-state index contributed by atoms with van der Waals surface area (Å²) in [5.41, 5.74) is 17.6. The van der Waals surface area contributed by atoms with Crippen molar-refractivity contribution in [2.75, 3.05) is 9.80 Å². The van der Waals surface area contributed by atoms with E-state index in [1.165, 1.54) is 0 Å². The molecule has 14 aromatic rings. The minimum Gasteiger partial charge on any atom is -0.456 e. The predicted molar refractivity (Wildman–Crippen MR) is 295 cm³/mol. The number of aryl methyl sites for hydroxylation is 2. The lowest BCUT2D eigenvalue weighted by Gasteiger charge is -2.28. The van der Waals surface area contributed by atoms with E-state index in [2.05, 4.69) is 242 Å². The molecule has 3 aromatic heterocycles. The van der Waals surface area contributed by atoms with E-state index >= 15 is 0 Å². The number of rotatable bonds is 8. The average Bonchev–Trinajstić information content (AvgIpc) is 4.13. The van der Waals surface area contributed by atoms with Crippen LogP contribution in [0.25, 0.3) is 98.8 Å². The first-order chi connectivity index (χ1) is 35.1. The van der Waals surface area contributed by atoms with Crippen molar-refractivity contribution < 1.29 is 13.3 Å². The maximum Gasteiger partial charge on any atom is 0.159 e. The van der Waals surface area contributed by atoms with Crippen molar-refractivity contribution in [3.63, 3.8) is 0 Å². The Morgan fingerprint density at radius 1 is 0.282 bits per heavy atom. The van der Waals surface area contributed by atoms with Gasteiger partial charge in [0.25, 0.3) is 0 Å². The lowest BCUT2D eigenvalue weighted by Crippen LogP contribution is -2.12. The molecule has 0 radical (unpaired) electrons. The molecule has 0 unspecified atom stereocenters. The first-order valence-corrected chi connectivity index (χ1v) is 24.2. The van der Waals surface area contributed by atoms with Crippen LogP contribution in [-0.4, -0.2) is 0 Å². The summed E-state index contributed by atoms with van der Waals surface area (Å²) < 4.78 is 21.1. The largest absolute Gasteiger partial charge is 0.456 e. The fourth-order valence-electron chi connectivity index (χ4n) is 11.0. The predicted octanol–water partition coefficient (Wildman–Crippen LogP) is 19.4. The summed E-state index contributed by atoms with van der Waals surface area (Å²) in [7, 11) is 0. The summed E-state index contributed by atoms with van der Waals surface area (Å²) in [6, 6.07) is 81.5. The Balaban J connectivity index is 0.989. The van der Waals surface area contributed by atoms with Crippen molar-refractivity contribution in [1.29, 1.82) is 0 Å². The molecule has 336 valence electrons. The molecule has 0 spiro atoms. The fraction of sp³-hybridized carbons (Fsp3) is 0.0303. The standard InChI is InChI=1S/C66H44N2O3/c1-41-19-9-13-33-55(41)67(57-35-17-31-52-50-29-15-27-46(63(50)70-65(52)57)43-21-5-3-6-22-43)45-37-38-60-54(39-45)62-49-26-12-11-25-48(49)59(40-61(62)69-60)68(56-34-14-10-20-42(56)2)58-36-18-32-53-51-30-16-28-47(64(51)71-66(53)58)44-23-7-4-8-24-44/h3-40H,1-2H3. The van der Waals surface area contributed by atoms with Crippen molar-refractivity contribution in [2.24, 2.45) is 0 Å². The van der Waals surface area contributed by atoms with Gasteiger partial charge in [-0.2, -0.15) is 0 Å². The van der Waals surface area contributed by atoms with Gasteiger partial charge in [-0.25, -0.2) is 0 Å². The van der Waals surface area contributed by atoms with Crippen LogP contribution in [0, 0.1) is 13.8 Å². The number of nitrogens with zero attached hydrogens (tertiary/aromatic N) is 2. The molecule has 0 saturated carbocycles. The molecule has 5 nitrogen and oxygen atoms in total. The molecule has 3 heterocycles. The summed E-state index contributed by atoms with van der Waals surface area (Å²) in [5.74, 6) is 0. The number of furan rings is 3. The minimum absolute atomic E-state index is 0.794. The summed E-state index contributed by atoms with van der Waals surface area (Å²) in [4.78, 5) is 4.70. The third-order valence-corrected chi connectivity index (χ3v) is 14.3. The quantitative estimate of drug-likeness (QED) is 0.152. The first kappa shape index (κ1) is 40.7. The van der Waals surface area contributed by atoms with E-state index < -0.39 is 0 Å². The second-order valence-electron chi connectivity index (χ2n) is 18.4. The smallest absolute Gasteiger partial charge is 0.159 e. The van der Waals surface area contributed by atoms with Crippen molar-refractivity contribution >= 4 is 111 Å². The normalized spacial score (nSPS) is 11.8. The highest BCUT2D eigenvalue weighted by molar-refractivity contribution is 6.24.